The fourth-order valence-corrected chi connectivity index (χ4v) is 0.723. The number of hydrogen-bond acceptors (Lipinski definition) is 4. The molecule has 0 unspecified atom stereocenters. The van der Waals surface area contributed by atoms with E-state index in [2.05, 4.69) is 0 Å². The van der Waals surface area contributed by atoms with E-state index in [9.17, 15) is 19.2 Å². The Morgan fingerprint density at radius 3 is 0.818 bits per heavy atom. The largest absolute Gasteiger partial charge is 0.358 e. The van der Waals surface area contributed by atoms with Gasteiger partial charge in [0.25, 0.3) is 0 Å². The zero-order chi connectivity index (χ0) is 7.33. The Morgan fingerprint density at radius 1 is 0.636 bits per heavy atom. The third kappa shape index (κ3) is 3.61. The van der Waals surface area contributed by atoms with Gasteiger partial charge in [0.1, 0.15) is 0 Å². The standard InChI is InChI=1S/4CO.2CH3.Os/c4*1-2;;;/h;;;;2*1H3;/q;;;;2*-1;. The minimum Gasteiger partial charge on any atom is -0.358 e. The van der Waals surface area contributed by atoms with Crippen molar-refractivity contribution in [2.45, 2.75) is 0 Å². The topological polar surface area (TPSA) is 68.3 Å². The van der Waals surface area contributed by atoms with Crippen molar-refractivity contribution in [2.24, 2.45) is 0 Å². The molecule has 0 aliphatic heterocycles. The molecule has 0 aliphatic rings. The van der Waals surface area contributed by atoms with Gasteiger partial charge in [-0.25, -0.2) is 0 Å². The molecule has 0 fully saturated rings. The second-order valence-electron chi connectivity index (χ2n) is 0.819. The smallest absolute Gasteiger partial charge is 0.358 e. The molecule has 4 nitrogen and oxygen atoms in total. The molecule has 0 spiro atoms. The maximum absolute atomic E-state index is 9.69. The van der Waals surface area contributed by atoms with E-state index in [0.717, 1.165) is 17.7 Å². The summed E-state index contributed by atoms with van der Waals surface area (Å²) in [7, 11) is 0. The van der Waals surface area contributed by atoms with Crippen LogP contribution in [0.2, 0.25) is 0 Å². The maximum atomic E-state index is 9.69. The minimum atomic E-state index is -4.46. The van der Waals surface area contributed by atoms with E-state index in [0.29, 0.717) is 0 Å². The van der Waals surface area contributed by atoms with Crippen molar-refractivity contribution < 1.29 is 32.4 Å². The van der Waals surface area contributed by atoms with E-state index in [1.54, 1.807) is 0 Å². The van der Waals surface area contributed by atoms with E-state index in [4.69, 9.17) is 0 Å². The monoisotopic (exact) mass is 334 g/mol. The molecule has 0 atom stereocenters. The van der Waals surface area contributed by atoms with Gasteiger partial charge < -0.3 is 14.9 Å². The van der Waals surface area contributed by atoms with Gasteiger partial charge in [0.15, 0.2) is 0 Å². The van der Waals surface area contributed by atoms with Crippen LogP contribution in [0.4, 0.5) is 0 Å². The van der Waals surface area contributed by atoms with Gasteiger partial charge in [-0.1, -0.05) is 0 Å². The molecule has 0 rings (SSSR count). The van der Waals surface area contributed by atoms with Crippen LogP contribution < -0.4 is 0 Å². The second-order valence-corrected chi connectivity index (χ2v) is 6.70. The predicted molar refractivity (Wildman–Crippen MR) is 35.6 cm³/mol. The van der Waals surface area contributed by atoms with Crippen LogP contribution in [0, 0.1) is 14.9 Å². The van der Waals surface area contributed by atoms with Crippen LogP contribution in [0.3, 0.4) is 0 Å². The van der Waals surface area contributed by atoms with Crippen LogP contribution >= 0.6 is 0 Å². The van der Waals surface area contributed by atoms with Crippen LogP contribution in [0.15, 0.2) is 0 Å². The molecule has 0 bridgehead atoms. The molecule has 64 valence electrons. The molecule has 0 aliphatic carbocycles. The Morgan fingerprint density at radius 2 is 0.818 bits per heavy atom. The second kappa shape index (κ2) is 7.07. The minimum absolute atomic E-state index is 0. The number of rotatable bonds is 0. The Balaban J connectivity index is -0.000000320. The normalized spacial score (nSPS) is 6.55. The average molecular weight is 332 g/mol. The van der Waals surface area contributed by atoms with Crippen molar-refractivity contribution in [1.82, 2.24) is 0 Å². The quantitative estimate of drug-likeness (QED) is 0.551. The van der Waals surface area contributed by atoms with E-state index in [1.165, 1.54) is 0 Å². The Bertz CT molecular complexity index is 361. The van der Waals surface area contributed by atoms with Crippen molar-refractivity contribution in [3.05, 3.63) is 14.9 Å². The van der Waals surface area contributed by atoms with Gasteiger partial charge in [-0.3, -0.25) is 0 Å². The van der Waals surface area contributed by atoms with E-state index < -0.39 is 13.2 Å². The maximum Gasteiger partial charge on any atom is -0.358 e. The molecule has 0 aromatic carbocycles. The van der Waals surface area contributed by atoms with Crippen LogP contribution in [0.1, 0.15) is 0 Å². The van der Waals surface area contributed by atoms with Gasteiger partial charge in [-0.15, -0.1) is 0 Å². The first-order valence-electron chi connectivity index (χ1n) is 1.52. The molecule has 0 radical (unpaired) electrons. The molecule has 0 saturated heterocycles. The third-order valence-corrected chi connectivity index (χ3v) is 3.54. The van der Waals surface area contributed by atoms with Crippen molar-refractivity contribution in [2.75, 3.05) is 0 Å². The van der Waals surface area contributed by atoms with Crippen LogP contribution in [-0.4, -0.2) is 17.7 Å². The van der Waals surface area contributed by atoms with Crippen LogP contribution in [-0.2, 0) is 32.4 Å². The first-order valence-corrected chi connectivity index (χ1v) is 6.60. The molecule has 0 N–H and O–H groups in total. The molecule has 0 aromatic rings. The van der Waals surface area contributed by atoms with Gasteiger partial charge >= 0.3 is 50.1 Å². The van der Waals surface area contributed by atoms with Crippen LogP contribution in [0.25, 0.3) is 0 Å². The molecule has 0 aromatic heterocycles. The number of hydrogen-bond donors (Lipinski definition) is 0. The molecule has 0 heterocycles. The van der Waals surface area contributed by atoms with Crippen molar-refractivity contribution >= 4 is 17.7 Å². The van der Waals surface area contributed by atoms with Crippen molar-refractivity contribution in [1.29, 1.82) is 0 Å². The van der Waals surface area contributed by atoms with E-state index in [-0.39, 0.29) is 14.9 Å². The Hall–Kier alpha value is -1.04. The number of carbonyl (C=O) groups excluding carboxylic acids is 4. The fourth-order valence-electron chi connectivity index (χ4n) is 0.0884. The summed E-state index contributed by atoms with van der Waals surface area (Å²) in [5.41, 5.74) is 0. The summed E-state index contributed by atoms with van der Waals surface area (Å²) in [4.78, 5) is 38.8. The van der Waals surface area contributed by atoms with Gasteiger partial charge in [0.05, 0.1) is 0 Å². The van der Waals surface area contributed by atoms with E-state index >= 15 is 0 Å². The summed E-state index contributed by atoms with van der Waals surface area (Å²) in [6, 6.07) is 0. The third-order valence-electron chi connectivity index (χ3n) is 0.433. The summed E-state index contributed by atoms with van der Waals surface area (Å²) in [6.45, 7) is 0. The molecular weight excluding hydrogens is 326 g/mol. The Labute approximate surface area is 65.4 Å². The zero-order valence-corrected chi connectivity index (χ0v) is 8.53. The Kier molecular flexibility index (Phi) is 10.6. The molecule has 5 heteroatoms. The van der Waals surface area contributed by atoms with Crippen molar-refractivity contribution in [3.63, 3.8) is 0 Å². The van der Waals surface area contributed by atoms with Gasteiger partial charge in [0.2, 0.25) is 0 Å². The SMILES string of the molecule is O=[C]=[Os](=[C]=O)(=[C]=O)=[C]=O.[CH3-].[CH3-]. The fraction of sp³-hybridized carbons (Fsp3) is 0. The molecular formula is C6H6O4Os-2. The van der Waals surface area contributed by atoms with E-state index in [1.807, 2.05) is 0 Å². The molecule has 0 saturated carbocycles. The summed E-state index contributed by atoms with van der Waals surface area (Å²) >= 11 is -4.46. The summed E-state index contributed by atoms with van der Waals surface area (Å²) in [6.07, 6.45) is 0. The average Bonchev–Trinajstić information content (AvgIpc) is 1.95. The first-order chi connectivity index (χ1) is 4.24. The summed E-state index contributed by atoms with van der Waals surface area (Å²) < 4.78 is 4.15. The molecule has 11 heavy (non-hydrogen) atoms. The van der Waals surface area contributed by atoms with Crippen molar-refractivity contribution in [3.8, 4) is 0 Å². The predicted octanol–water partition coefficient (Wildman–Crippen LogP) is -0.690. The van der Waals surface area contributed by atoms with Crippen LogP contribution in [0.5, 0.6) is 0 Å². The van der Waals surface area contributed by atoms with Gasteiger partial charge in [0, 0.05) is 0 Å². The van der Waals surface area contributed by atoms with Gasteiger partial charge in [-0.2, -0.15) is 0 Å². The summed E-state index contributed by atoms with van der Waals surface area (Å²) in [5.74, 6) is 0. The summed E-state index contributed by atoms with van der Waals surface area (Å²) in [5, 5.41) is 0. The molecule has 0 amide bonds. The first kappa shape index (κ1) is 16.5. The zero-order valence-electron chi connectivity index (χ0n) is 5.99. The van der Waals surface area contributed by atoms with Gasteiger partial charge in [-0.05, 0) is 0 Å².